The summed E-state index contributed by atoms with van der Waals surface area (Å²) in [4.78, 5) is 21.3. The van der Waals surface area contributed by atoms with Gasteiger partial charge in [0.05, 0.1) is 13.5 Å². The molecule has 0 bridgehead atoms. The standard InChI is InChI=1S/C17H25N3O2/c1-13-15(19-8-3-4-9-19)6-10-20(13)17(21)12-14-5-7-18-16(11-14)22-2/h5,7,11,13,15H,3-4,6,8-10,12H2,1-2H3. The Morgan fingerprint density at radius 3 is 2.86 bits per heavy atom. The monoisotopic (exact) mass is 303 g/mol. The van der Waals surface area contributed by atoms with Crippen molar-refractivity contribution in [3.63, 3.8) is 0 Å². The Bertz CT molecular complexity index is 528. The number of pyridine rings is 1. The summed E-state index contributed by atoms with van der Waals surface area (Å²) in [6.07, 6.45) is 5.83. The number of hydrogen-bond acceptors (Lipinski definition) is 4. The van der Waals surface area contributed by atoms with Crippen LogP contribution in [0.3, 0.4) is 0 Å². The van der Waals surface area contributed by atoms with Gasteiger partial charge in [-0.3, -0.25) is 9.69 Å². The summed E-state index contributed by atoms with van der Waals surface area (Å²) >= 11 is 0. The average molecular weight is 303 g/mol. The summed E-state index contributed by atoms with van der Waals surface area (Å²) in [6.45, 7) is 5.46. The molecule has 0 N–H and O–H groups in total. The van der Waals surface area contributed by atoms with Crippen molar-refractivity contribution in [2.24, 2.45) is 0 Å². The molecule has 0 spiro atoms. The van der Waals surface area contributed by atoms with Crippen molar-refractivity contribution >= 4 is 5.91 Å². The maximum Gasteiger partial charge on any atom is 0.227 e. The summed E-state index contributed by atoms with van der Waals surface area (Å²) in [7, 11) is 1.59. The van der Waals surface area contributed by atoms with Gasteiger partial charge in [-0.15, -0.1) is 0 Å². The Labute approximate surface area is 132 Å². The highest BCUT2D eigenvalue weighted by atomic mass is 16.5. The molecule has 1 aromatic rings. The van der Waals surface area contributed by atoms with Crippen LogP contribution in [0, 0.1) is 0 Å². The van der Waals surface area contributed by atoms with Gasteiger partial charge < -0.3 is 9.64 Å². The predicted octanol–water partition coefficient (Wildman–Crippen LogP) is 1.72. The molecule has 0 saturated carbocycles. The number of hydrogen-bond donors (Lipinski definition) is 0. The predicted molar refractivity (Wildman–Crippen MR) is 84.9 cm³/mol. The van der Waals surface area contributed by atoms with Crippen molar-refractivity contribution < 1.29 is 9.53 Å². The quantitative estimate of drug-likeness (QED) is 0.849. The molecule has 2 fully saturated rings. The minimum absolute atomic E-state index is 0.211. The number of rotatable bonds is 4. The van der Waals surface area contributed by atoms with Crippen LogP contribution >= 0.6 is 0 Å². The molecule has 3 heterocycles. The number of amides is 1. The molecular formula is C17H25N3O2. The topological polar surface area (TPSA) is 45.7 Å². The van der Waals surface area contributed by atoms with E-state index in [0.717, 1.165) is 18.5 Å². The van der Waals surface area contributed by atoms with E-state index in [1.165, 1.54) is 25.9 Å². The van der Waals surface area contributed by atoms with Crippen LogP contribution < -0.4 is 4.74 Å². The fraction of sp³-hybridized carbons (Fsp3) is 0.647. The van der Waals surface area contributed by atoms with Crippen LogP contribution in [0.2, 0.25) is 0 Å². The van der Waals surface area contributed by atoms with E-state index >= 15 is 0 Å². The molecule has 2 saturated heterocycles. The molecule has 5 nitrogen and oxygen atoms in total. The van der Waals surface area contributed by atoms with Gasteiger partial charge in [-0.1, -0.05) is 0 Å². The minimum Gasteiger partial charge on any atom is -0.481 e. The lowest BCUT2D eigenvalue weighted by Gasteiger charge is -2.30. The fourth-order valence-corrected chi connectivity index (χ4v) is 3.78. The van der Waals surface area contributed by atoms with E-state index < -0.39 is 0 Å². The van der Waals surface area contributed by atoms with E-state index in [-0.39, 0.29) is 5.91 Å². The molecule has 1 aromatic heterocycles. The van der Waals surface area contributed by atoms with Gasteiger partial charge in [-0.2, -0.15) is 0 Å². The highest BCUT2D eigenvalue weighted by Crippen LogP contribution is 2.26. The van der Waals surface area contributed by atoms with Crippen LogP contribution in [0.15, 0.2) is 18.3 Å². The highest BCUT2D eigenvalue weighted by Gasteiger charge is 2.37. The minimum atomic E-state index is 0.211. The lowest BCUT2D eigenvalue weighted by molar-refractivity contribution is -0.131. The maximum absolute atomic E-state index is 12.6. The first-order chi connectivity index (χ1) is 10.7. The molecule has 0 aromatic carbocycles. The van der Waals surface area contributed by atoms with Crippen LogP contribution in [0.1, 0.15) is 31.7 Å². The Hall–Kier alpha value is -1.62. The number of carbonyl (C=O) groups excluding carboxylic acids is 1. The highest BCUT2D eigenvalue weighted by molar-refractivity contribution is 5.79. The Balaban J connectivity index is 1.62. The molecule has 0 aliphatic carbocycles. The van der Waals surface area contributed by atoms with Gasteiger partial charge in [0, 0.05) is 30.9 Å². The largest absolute Gasteiger partial charge is 0.481 e. The average Bonchev–Trinajstić information content (AvgIpc) is 3.16. The van der Waals surface area contributed by atoms with Gasteiger partial charge in [0.2, 0.25) is 11.8 Å². The summed E-state index contributed by atoms with van der Waals surface area (Å²) in [5.41, 5.74) is 0.966. The third-order valence-electron chi connectivity index (χ3n) is 5.01. The molecule has 3 rings (SSSR count). The second-order valence-corrected chi connectivity index (χ2v) is 6.31. The van der Waals surface area contributed by atoms with Crippen molar-refractivity contribution in [2.75, 3.05) is 26.7 Å². The van der Waals surface area contributed by atoms with Crippen molar-refractivity contribution in [3.8, 4) is 5.88 Å². The van der Waals surface area contributed by atoms with Crippen LogP contribution in [-0.4, -0.2) is 59.5 Å². The van der Waals surface area contributed by atoms with Crippen LogP contribution in [0.4, 0.5) is 0 Å². The van der Waals surface area contributed by atoms with Crippen molar-refractivity contribution in [3.05, 3.63) is 23.9 Å². The zero-order valence-corrected chi connectivity index (χ0v) is 13.5. The first-order valence-electron chi connectivity index (χ1n) is 8.21. The molecule has 5 heteroatoms. The molecule has 1 amide bonds. The van der Waals surface area contributed by atoms with E-state index in [9.17, 15) is 4.79 Å². The van der Waals surface area contributed by atoms with Gasteiger partial charge in [0.1, 0.15) is 0 Å². The molecule has 22 heavy (non-hydrogen) atoms. The van der Waals surface area contributed by atoms with Crippen molar-refractivity contribution in [1.82, 2.24) is 14.8 Å². The third kappa shape index (κ3) is 3.09. The number of ether oxygens (including phenoxy) is 1. The van der Waals surface area contributed by atoms with Crippen LogP contribution in [0.5, 0.6) is 5.88 Å². The van der Waals surface area contributed by atoms with Gasteiger partial charge in [0.25, 0.3) is 0 Å². The molecule has 2 atom stereocenters. The first-order valence-corrected chi connectivity index (χ1v) is 8.21. The summed E-state index contributed by atoms with van der Waals surface area (Å²) in [6, 6.07) is 4.59. The summed E-state index contributed by atoms with van der Waals surface area (Å²) in [5.74, 6) is 0.775. The lowest BCUT2D eigenvalue weighted by atomic mass is 10.1. The van der Waals surface area contributed by atoms with E-state index in [4.69, 9.17) is 4.74 Å². The number of likely N-dealkylation sites (tertiary alicyclic amines) is 2. The number of carbonyl (C=O) groups is 1. The van der Waals surface area contributed by atoms with Crippen LogP contribution in [-0.2, 0) is 11.2 Å². The van der Waals surface area contributed by atoms with E-state index in [1.807, 2.05) is 12.1 Å². The summed E-state index contributed by atoms with van der Waals surface area (Å²) in [5, 5.41) is 0. The summed E-state index contributed by atoms with van der Waals surface area (Å²) < 4.78 is 5.12. The number of aromatic nitrogens is 1. The second-order valence-electron chi connectivity index (χ2n) is 6.31. The Morgan fingerprint density at radius 1 is 1.36 bits per heavy atom. The third-order valence-corrected chi connectivity index (χ3v) is 5.01. The second kappa shape index (κ2) is 6.65. The smallest absolute Gasteiger partial charge is 0.227 e. The SMILES string of the molecule is COc1cc(CC(=O)N2CCC(N3CCCC3)C2C)ccn1. The van der Waals surface area contributed by atoms with Crippen molar-refractivity contribution in [2.45, 2.75) is 44.7 Å². The molecule has 0 radical (unpaired) electrons. The Morgan fingerprint density at radius 2 is 2.14 bits per heavy atom. The lowest BCUT2D eigenvalue weighted by Crippen LogP contribution is -2.44. The molecule has 2 aliphatic heterocycles. The molecular weight excluding hydrogens is 278 g/mol. The van der Waals surface area contributed by atoms with Gasteiger partial charge in [-0.05, 0) is 50.9 Å². The maximum atomic E-state index is 12.6. The van der Waals surface area contributed by atoms with Crippen molar-refractivity contribution in [1.29, 1.82) is 0 Å². The van der Waals surface area contributed by atoms with Gasteiger partial charge >= 0.3 is 0 Å². The van der Waals surface area contributed by atoms with E-state index in [1.54, 1.807) is 13.3 Å². The number of methoxy groups -OCH3 is 1. The van der Waals surface area contributed by atoms with E-state index in [2.05, 4.69) is 21.7 Å². The first kappa shape index (κ1) is 15.3. The molecule has 2 aliphatic rings. The van der Waals surface area contributed by atoms with Crippen LogP contribution in [0.25, 0.3) is 0 Å². The zero-order valence-electron chi connectivity index (χ0n) is 13.5. The fourth-order valence-electron chi connectivity index (χ4n) is 3.78. The van der Waals surface area contributed by atoms with Gasteiger partial charge in [-0.25, -0.2) is 4.98 Å². The van der Waals surface area contributed by atoms with E-state index in [0.29, 0.717) is 24.4 Å². The normalized spacial score (nSPS) is 25.6. The zero-order chi connectivity index (χ0) is 15.5. The number of nitrogens with zero attached hydrogens (tertiary/aromatic N) is 3. The molecule has 2 unspecified atom stereocenters. The molecule has 120 valence electrons. The Kier molecular flexibility index (Phi) is 4.62. The van der Waals surface area contributed by atoms with Gasteiger partial charge in [0.15, 0.2) is 0 Å².